The molecule has 34 heteroatoms. The Morgan fingerprint density at radius 1 is 0.340 bits per heavy atom. The van der Waals surface area contributed by atoms with Crippen LogP contribution in [-0.4, -0.2) is 135 Å². The van der Waals surface area contributed by atoms with Gasteiger partial charge in [-0.3, -0.25) is 54.3 Å². The molecular weight excluding hydrogens is 1390 g/mol. The Balaban J connectivity index is 0. The van der Waals surface area contributed by atoms with Crippen LogP contribution in [0, 0.1) is 0 Å². The molecule has 0 fully saturated rings. The van der Waals surface area contributed by atoms with Crippen LogP contribution in [0.3, 0.4) is 0 Å². The van der Waals surface area contributed by atoms with E-state index in [-0.39, 0.29) is 109 Å². The molecule has 2 atom stereocenters. The van der Waals surface area contributed by atoms with Crippen molar-refractivity contribution >= 4 is 52.8 Å². The molecule has 0 heterocycles. The lowest BCUT2D eigenvalue weighted by molar-refractivity contribution is -0.0483. The van der Waals surface area contributed by atoms with Crippen LogP contribution in [0.25, 0.3) is 0 Å². The van der Waals surface area contributed by atoms with E-state index < -0.39 is 46.5 Å². The van der Waals surface area contributed by atoms with Crippen LogP contribution < -0.4 is 9.05 Å². The van der Waals surface area contributed by atoms with Gasteiger partial charge in [-0.2, -0.15) is 0 Å². The molecule has 0 amide bonds. The highest BCUT2D eigenvalue weighted by molar-refractivity contribution is 7.59. The Hall–Kier alpha value is -2.91. The number of para-hydroxylation sites is 2. The summed E-state index contributed by atoms with van der Waals surface area (Å²) >= 11 is 0. The molecule has 0 saturated carbocycles. The minimum Gasteiger partial charge on any atom is -0.395 e. The molecule has 4 rings (SSSR count). The Morgan fingerprint density at radius 2 is 0.619 bits per heavy atom. The van der Waals surface area contributed by atoms with Crippen molar-refractivity contribution in [1.82, 2.24) is 0 Å². The zero-order chi connectivity index (χ0) is 74.0. The van der Waals surface area contributed by atoms with E-state index in [1.165, 1.54) is 21.3 Å². The average Bonchev–Trinajstić information content (AvgIpc) is 0.930. The van der Waals surface area contributed by atoms with Crippen molar-refractivity contribution in [3.05, 3.63) is 132 Å². The first-order valence-electron chi connectivity index (χ1n) is 30.9. The highest BCUT2D eigenvalue weighted by Gasteiger charge is 2.33. The van der Waals surface area contributed by atoms with Gasteiger partial charge in [-0.15, -0.1) is 0 Å². The quantitative estimate of drug-likeness (QED) is 0.0318. The highest BCUT2D eigenvalue weighted by Crippen LogP contribution is 2.53. The van der Waals surface area contributed by atoms with Gasteiger partial charge in [0.15, 0.2) is 40.8 Å². The van der Waals surface area contributed by atoms with Crippen LogP contribution in [-0.2, 0) is 128 Å². The van der Waals surface area contributed by atoms with Gasteiger partial charge in [0, 0.05) is 28.0 Å². The predicted molar refractivity (Wildman–Crippen MR) is 375 cm³/mol. The third-order valence-electron chi connectivity index (χ3n) is 9.93. The van der Waals surface area contributed by atoms with Gasteiger partial charge in [-0.25, -0.2) is 22.8 Å². The van der Waals surface area contributed by atoms with Gasteiger partial charge >= 0.3 is 38.9 Å². The fraction of sp³-hybridized carbons (Fsp3) is 0.603. The number of rotatable bonds is 43. The maximum atomic E-state index is 12.8. The molecule has 28 nitrogen and oxygen atoms in total. The van der Waals surface area contributed by atoms with Crippen LogP contribution in [0.15, 0.2) is 121 Å². The topological polar surface area (TPSA) is 309 Å². The maximum Gasteiger partial charge on any atom is 0.589 e. The zero-order valence-electron chi connectivity index (χ0n) is 60.4. The summed E-state index contributed by atoms with van der Waals surface area (Å²) in [7, 11) is -15.9. The maximum absolute atomic E-state index is 12.8. The molecule has 562 valence electrons. The van der Waals surface area contributed by atoms with Crippen LogP contribution in [0.5, 0.6) is 11.5 Å². The molecule has 4 aromatic rings. The number of hydrogen-bond acceptors (Lipinski definition) is 27. The summed E-state index contributed by atoms with van der Waals surface area (Å²) in [5.41, 5.74) is 1.77. The predicted octanol–water partition coefficient (Wildman–Crippen LogP) is 18.2. The summed E-state index contributed by atoms with van der Waals surface area (Å²) in [6, 6.07) is 36.3. The highest BCUT2D eigenvalue weighted by atomic mass is 31.2. The van der Waals surface area contributed by atoms with Gasteiger partial charge in [-0.05, 0) is 159 Å². The summed E-state index contributed by atoms with van der Waals surface area (Å²) in [6.07, 6.45) is 3.29. The number of ether oxygens (including phenoxy) is 6. The van der Waals surface area contributed by atoms with Crippen molar-refractivity contribution < 1.29 is 129 Å². The molecule has 0 saturated heterocycles. The first-order chi connectivity index (χ1) is 45.4. The molecule has 0 radical (unpaired) electrons. The third kappa shape index (κ3) is 57.3. The normalized spacial score (nSPS) is 13.1. The third-order valence-corrected chi connectivity index (χ3v) is 17.9. The van der Waals surface area contributed by atoms with Crippen molar-refractivity contribution in [1.29, 1.82) is 0 Å². The monoisotopic (exact) mass is 1500 g/mol. The van der Waals surface area contributed by atoms with Gasteiger partial charge in [0.25, 0.3) is 7.57 Å². The largest absolute Gasteiger partial charge is 0.589 e. The number of phosphoric acid groups is 4. The average molecular weight is 1500 g/mol. The summed E-state index contributed by atoms with van der Waals surface area (Å²) in [5, 5.41) is 0. The van der Waals surface area contributed by atoms with Gasteiger partial charge < -0.3 is 51.4 Å². The van der Waals surface area contributed by atoms with Gasteiger partial charge in [0.05, 0.1) is 68.7 Å². The molecule has 1 N–H and O–H groups in total. The van der Waals surface area contributed by atoms with Crippen molar-refractivity contribution in [2.24, 2.45) is 0 Å². The SMILES string of the molecule is C=P(OC)(OC)OCOC(C)C.CC(C)OCOP(=O)(OC(C)C)OC(C)C.CC(C)OCOP(=O)(OCc1ccccc1)OCc1ccccc1.CC(C)OCOP(=O)(Oc1ccccc1)Oc1ccccc1.CC(C)OCOP(C)(=O)O.CCOP(=O)(OC)OCOC(C)C. The zero-order valence-corrected chi connectivity index (χ0v) is 65.8. The molecule has 97 heavy (non-hydrogen) atoms. The van der Waals surface area contributed by atoms with Crippen LogP contribution >= 0.6 is 46.5 Å². The summed E-state index contributed by atoms with van der Waals surface area (Å²) < 4.78 is 172. The van der Waals surface area contributed by atoms with Crippen molar-refractivity contribution in [3.63, 3.8) is 0 Å². The minimum atomic E-state index is -3.84. The van der Waals surface area contributed by atoms with Crippen LogP contribution in [0.4, 0.5) is 0 Å². The van der Waals surface area contributed by atoms with E-state index in [2.05, 4.69) is 15.3 Å². The molecule has 0 bridgehead atoms. The first-order valence-corrected chi connectivity index (χ1v) is 40.5. The molecule has 0 aromatic heterocycles. The lowest BCUT2D eigenvalue weighted by Crippen LogP contribution is -2.13. The second kappa shape index (κ2) is 54.7. The van der Waals surface area contributed by atoms with E-state index in [4.69, 9.17) is 96.6 Å². The van der Waals surface area contributed by atoms with Gasteiger partial charge in [0.1, 0.15) is 11.5 Å². The van der Waals surface area contributed by atoms with E-state index in [9.17, 15) is 22.8 Å². The van der Waals surface area contributed by atoms with Gasteiger partial charge in [-0.1, -0.05) is 97.1 Å². The molecule has 2 unspecified atom stereocenters. The molecule has 4 aromatic carbocycles. The fourth-order valence-corrected chi connectivity index (χ4v) is 10.5. The van der Waals surface area contributed by atoms with E-state index in [1.54, 1.807) is 83.1 Å². The second-order valence-corrected chi connectivity index (χ2v) is 32.2. The summed E-state index contributed by atoms with van der Waals surface area (Å²) in [6.45, 7) is 32.3. The second-order valence-electron chi connectivity index (χ2n) is 21.6. The van der Waals surface area contributed by atoms with E-state index in [1.807, 2.05) is 156 Å². The molecule has 0 aliphatic rings. The molecular formula is C63H112O28P6. The van der Waals surface area contributed by atoms with Crippen LogP contribution in [0.2, 0.25) is 0 Å². The Labute approximate surface area is 577 Å². The van der Waals surface area contributed by atoms with Gasteiger partial charge in [0.2, 0.25) is 0 Å². The Kier molecular flexibility index (Phi) is 54.3. The van der Waals surface area contributed by atoms with E-state index in [0.29, 0.717) is 11.5 Å². The summed E-state index contributed by atoms with van der Waals surface area (Å²) in [5.74, 6) is 0.789. The fourth-order valence-electron chi connectivity index (χ4n) is 5.38. The molecule has 0 spiro atoms. The van der Waals surface area contributed by atoms with Crippen molar-refractivity contribution in [3.8, 4) is 11.5 Å². The lowest BCUT2D eigenvalue weighted by atomic mass is 10.2. The van der Waals surface area contributed by atoms with Crippen LogP contribution in [0.1, 0.15) is 129 Å². The Morgan fingerprint density at radius 3 is 0.897 bits per heavy atom. The number of phosphoric ester groups is 4. The molecule has 0 aliphatic heterocycles. The first kappa shape index (κ1) is 96.1. The van der Waals surface area contributed by atoms with Crippen molar-refractivity contribution in [2.45, 2.75) is 180 Å². The minimum absolute atomic E-state index is 0.00606. The molecule has 0 aliphatic carbocycles. The smallest absolute Gasteiger partial charge is 0.395 e. The van der Waals surface area contributed by atoms with E-state index in [0.717, 1.165) is 17.8 Å². The number of benzene rings is 4. The van der Waals surface area contributed by atoms with Crippen molar-refractivity contribution in [2.75, 3.05) is 75.4 Å². The number of hydrogen-bond donors (Lipinski definition) is 1. The van der Waals surface area contributed by atoms with E-state index >= 15 is 0 Å². The lowest BCUT2D eigenvalue weighted by Gasteiger charge is -2.22. The standard InChI is InChI=1S/C18H23O5P.C16H19O5P.C10H23O5P.C7H17O5P.C7H17O4P.C5H13O4P/c1-16(2)20-15-23-24(19,21-13-17-9-5-3-6-10-17)22-14-18-11-7-4-8-12-18;1-14(2)18-13-19-22(17,20-15-9-5-3-6-10-15)21-16-11-7-4-8-12-16;1-8(2)12-7-13-16(11,14-9(3)4)15-10(5)6;1-5-11-13(8,9-4)12-6-10-7(2)3;1-7(2)10-6-11-12(5,8-3)9-4;1-5(2)8-4-9-10(3,6)7/h3-12,16H,13-15H2,1-2H3;3-12,14H,13H2,1-2H3;8-10H,7H2,1-6H3;7H,5-6H2,1-4H3;7H,5-6H2,1-4H3;5H,4H2,1-3H3,(H,6,7). The summed E-state index contributed by atoms with van der Waals surface area (Å²) in [4.78, 5) is 8.58. The Bertz CT molecular complexity index is 2700.